The number of carbonyl (C=O) groups excluding carboxylic acids is 3. The van der Waals surface area contributed by atoms with E-state index in [2.05, 4.69) is 10.6 Å². The van der Waals surface area contributed by atoms with E-state index in [9.17, 15) is 14.4 Å². The summed E-state index contributed by atoms with van der Waals surface area (Å²) in [6.07, 6.45) is 1.57. The Kier molecular flexibility index (Phi) is 4.81. The van der Waals surface area contributed by atoms with Crippen molar-refractivity contribution in [3.63, 3.8) is 0 Å². The highest BCUT2D eigenvalue weighted by molar-refractivity contribution is 6.30. The minimum atomic E-state index is -0.626. The zero-order chi connectivity index (χ0) is 17.8. The molecule has 6 nitrogen and oxygen atoms in total. The highest BCUT2D eigenvalue weighted by Gasteiger charge is 2.34. The average Bonchev–Trinajstić information content (AvgIpc) is 2.85. The maximum atomic E-state index is 12.3. The summed E-state index contributed by atoms with van der Waals surface area (Å²) >= 11 is 5.78. The fourth-order valence-corrected chi connectivity index (χ4v) is 2.43. The lowest BCUT2D eigenvalue weighted by molar-refractivity contribution is -0.127. The van der Waals surface area contributed by atoms with Gasteiger partial charge >= 0.3 is 6.03 Å². The van der Waals surface area contributed by atoms with Gasteiger partial charge in [-0.1, -0.05) is 41.9 Å². The van der Waals surface area contributed by atoms with Crippen molar-refractivity contribution in [3.05, 3.63) is 70.9 Å². The van der Waals surface area contributed by atoms with Crippen LogP contribution in [0.15, 0.2) is 60.3 Å². The van der Waals surface area contributed by atoms with E-state index in [-0.39, 0.29) is 12.2 Å². The number of carbonyl (C=O) groups is 3. The molecule has 0 radical (unpaired) electrons. The number of nitrogens with one attached hydrogen (secondary N) is 2. The third-order valence-corrected chi connectivity index (χ3v) is 3.75. The Morgan fingerprint density at radius 1 is 1.08 bits per heavy atom. The Morgan fingerprint density at radius 2 is 1.76 bits per heavy atom. The molecule has 3 rings (SSSR count). The fraction of sp³-hybridized carbons (Fsp3) is 0.0556. The average molecular weight is 356 g/mol. The van der Waals surface area contributed by atoms with Crippen LogP contribution in [0.2, 0.25) is 5.02 Å². The zero-order valence-electron chi connectivity index (χ0n) is 13.0. The van der Waals surface area contributed by atoms with Crippen molar-refractivity contribution in [1.29, 1.82) is 0 Å². The van der Waals surface area contributed by atoms with Gasteiger partial charge in [0.2, 0.25) is 5.91 Å². The molecule has 1 fully saturated rings. The van der Waals surface area contributed by atoms with Crippen LogP contribution in [0.1, 0.15) is 5.56 Å². The summed E-state index contributed by atoms with van der Waals surface area (Å²) in [5.74, 6) is -1.02. The molecule has 1 saturated heterocycles. The molecule has 2 N–H and O–H groups in total. The monoisotopic (exact) mass is 355 g/mol. The first kappa shape index (κ1) is 16.7. The van der Waals surface area contributed by atoms with Crippen LogP contribution in [-0.4, -0.2) is 29.3 Å². The molecule has 0 saturated carbocycles. The maximum absolute atomic E-state index is 12.3. The zero-order valence-corrected chi connectivity index (χ0v) is 13.8. The molecular formula is C18H14ClN3O3. The largest absolute Gasteiger partial charge is 0.329 e. The first-order chi connectivity index (χ1) is 12.0. The Morgan fingerprint density at radius 3 is 2.44 bits per heavy atom. The van der Waals surface area contributed by atoms with Gasteiger partial charge in [-0.25, -0.2) is 9.69 Å². The Balaban J connectivity index is 1.67. The Hall–Kier alpha value is -3.12. The molecule has 1 aliphatic heterocycles. The van der Waals surface area contributed by atoms with Crippen LogP contribution >= 0.6 is 11.6 Å². The summed E-state index contributed by atoms with van der Waals surface area (Å²) in [6.45, 7) is -0.376. The third kappa shape index (κ3) is 4.05. The summed E-state index contributed by atoms with van der Waals surface area (Å²) in [5.41, 5.74) is 1.44. The lowest BCUT2D eigenvalue weighted by atomic mass is 10.2. The van der Waals surface area contributed by atoms with Crippen LogP contribution in [0.3, 0.4) is 0 Å². The molecule has 0 aliphatic carbocycles. The molecule has 1 heterocycles. The predicted octanol–water partition coefficient (Wildman–Crippen LogP) is 2.87. The van der Waals surface area contributed by atoms with Crippen LogP contribution in [0, 0.1) is 0 Å². The number of anilines is 1. The van der Waals surface area contributed by atoms with E-state index in [0.717, 1.165) is 10.5 Å². The van der Waals surface area contributed by atoms with Crippen molar-refractivity contribution < 1.29 is 14.4 Å². The fourth-order valence-electron chi connectivity index (χ4n) is 2.31. The van der Waals surface area contributed by atoms with Gasteiger partial charge < -0.3 is 10.6 Å². The van der Waals surface area contributed by atoms with E-state index in [1.165, 1.54) is 0 Å². The van der Waals surface area contributed by atoms with Crippen molar-refractivity contribution >= 4 is 41.2 Å². The minimum absolute atomic E-state index is 0.135. The Bertz CT molecular complexity index is 848. The lowest BCUT2D eigenvalue weighted by Crippen LogP contribution is -2.38. The summed E-state index contributed by atoms with van der Waals surface area (Å²) in [7, 11) is 0. The van der Waals surface area contributed by atoms with Crippen LogP contribution in [0.5, 0.6) is 0 Å². The van der Waals surface area contributed by atoms with Crippen molar-refractivity contribution in [2.45, 2.75) is 0 Å². The molecule has 4 amide bonds. The quantitative estimate of drug-likeness (QED) is 0.654. The number of imide groups is 1. The highest BCUT2D eigenvalue weighted by Crippen LogP contribution is 2.15. The van der Waals surface area contributed by atoms with Crippen LogP contribution < -0.4 is 10.6 Å². The Labute approximate surface area is 149 Å². The summed E-state index contributed by atoms with van der Waals surface area (Å²) in [4.78, 5) is 37.2. The topological polar surface area (TPSA) is 78.5 Å². The number of amides is 4. The van der Waals surface area contributed by atoms with Gasteiger partial charge in [0, 0.05) is 10.7 Å². The van der Waals surface area contributed by atoms with Gasteiger partial charge in [0.1, 0.15) is 12.2 Å². The lowest BCUT2D eigenvalue weighted by Gasteiger charge is -2.12. The van der Waals surface area contributed by atoms with Gasteiger partial charge in [-0.2, -0.15) is 0 Å². The number of nitrogens with zero attached hydrogens (tertiary/aromatic N) is 1. The van der Waals surface area contributed by atoms with E-state index in [1.54, 1.807) is 30.3 Å². The number of hydrogen-bond donors (Lipinski definition) is 2. The molecule has 0 bridgehead atoms. The second-order valence-electron chi connectivity index (χ2n) is 5.35. The van der Waals surface area contributed by atoms with Gasteiger partial charge in [-0.05, 0) is 35.9 Å². The number of halogens is 1. The number of benzene rings is 2. The molecule has 0 spiro atoms. The molecule has 1 aliphatic rings. The van der Waals surface area contributed by atoms with E-state index in [4.69, 9.17) is 11.6 Å². The first-order valence-electron chi connectivity index (χ1n) is 7.48. The minimum Gasteiger partial charge on any atom is -0.325 e. The number of rotatable bonds is 4. The molecule has 25 heavy (non-hydrogen) atoms. The van der Waals surface area contributed by atoms with Crippen molar-refractivity contribution in [2.24, 2.45) is 0 Å². The first-order valence-corrected chi connectivity index (χ1v) is 7.86. The second kappa shape index (κ2) is 7.19. The van der Waals surface area contributed by atoms with E-state index >= 15 is 0 Å². The molecule has 0 aromatic heterocycles. The summed E-state index contributed by atoms with van der Waals surface area (Å²) in [6, 6.07) is 15.0. The molecule has 2 aromatic rings. The number of urea groups is 1. The van der Waals surface area contributed by atoms with Crippen LogP contribution in [-0.2, 0) is 9.59 Å². The van der Waals surface area contributed by atoms with Gasteiger partial charge in [-0.15, -0.1) is 0 Å². The van der Waals surface area contributed by atoms with Crippen LogP contribution in [0.4, 0.5) is 10.5 Å². The predicted molar refractivity (Wildman–Crippen MR) is 94.7 cm³/mol. The van der Waals surface area contributed by atoms with E-state index in [1.807, 2.05) is 30.3 Å². The van der Waals surface area contributed by atoms with Gasteiger partial charge in [-0.3, -0.25) is 9.59 Å². The number of hydrogen-bond acceptors (Lipinski definition) is 3. The maximum Gasteiger partial charge on any atom is 0.329 e. The third-order valence-electron chi connectivity index (χ3n) is 3.50. The molecule has 126 valence electrons. The molecule has 0 atom stereocenters. The SMILES string of the molecule is O=C(CN1C(=O)N/C(=C\c2ccccc2)C1=O)Nc1ccc(Cl)cc1. The normalized spacial score (nSPS) is 15.4. The highest BCUT2D eigenvalue weighted by atomic mass is 35.5. The van der Waals surface area contributed by atoms with Crippen molar-refractivity contribution in [1.82, 2.24) is 10.2 Å². The van der Waals surface area contributed by atoms with E-state index in [0.29, 0.717) is 10.7 Å². The van der Waals surface area contributed by atoms with Gasteiger partial charge in [0.15, 0.2) is 0 Å². The standard InChI is InChI=1S/C18H14ClN3O3/c19-13-6-8-14(9-7-13)20-16(23)11-22-17(24)15(21-18(22)25)10-12-4-2-1-3-5-12/h1-10H,11H2,(H,20,23)(H,21,25)/b15-10-. The van der Waals surface area contributed by atoms with Gasteiger partial charge in [0.05, 0.1) is 0 Å². The van der Waals surface area contributed by atoms with E-state index < -0.39 is 17.8 Å². The summed E-state index contributed by atoms with van der Waals surface area (Å²) < 4.78 is 0. The van der Waals surface area contributed by atoms with Gasteiger partial charge in [0.25, 0.3) is 5.91 Å². The van der Waals surface area contributed by atoms with Crippen molar-refractivity contribution in [2.75, 3.05) is 11.9 Å². The van der Waals surface area contributed by atoms with Crippen molar-refractivity contribution in [3.8, 4) is 0 Å². The molecule has 0 unspecified atom stereocenters. The van der Waals surface area contributed by atoms with Crippen LogP contribution in [0.25, 0.3) is 6.08 Å². The second-order valence-corrected chi connectivity index (χ2v) is 5.78. The smallest absolute Gasteiger partial charge is 0.325 e. The molecule has 7 heteroatoms. The summed E-state index contributed by atoms with van der Waals surface area (Å²) in [5, 5.41) is 5.64. The molecular weight excluding hydrogens is 342 g/mol. The molecule has 2 aromatic carbocycles.